The zero-order valence-corrected chi connectivity index (χ0v) is 12.9. The van der Waals surface area contributed by atoms with Crippen LogP contribution in [-0.2, 0) is 4.79 Å². The molecule has 1 aromatic carbocycles. The lowest BCUT2D eigenvalue weighted by atomic mass is 9.75. The molecule has 1 amide bonds. The first-order chi connectivity index (χ1) is 9.98. The summed E-state index contributed by atoms with van der Waals surface area (Å²) in [6, 6.07) is 6.86. The van der Waals surface area contributed by atoms with E-state index in [4.69, 9.17) is 11.6 Å². The van der Waals surface area contributed by atoms with Gasteiger partial charge in [-0.25, -0.2) is 0 Å². The fraction of sp³-hybridized carbons (Fsp3) is 0.500. The van der Waals surface area contributed by atoms with Gasteiger partial charge in [-0.3, -0.25) is 9.59 Å². The van der Waals surface area contributed by atoms with Crippen LogP contribution in [0, 0.1) is 5.41 Å². The van der Waals surface area contributed by atoms with Crippen molar-refractivity contribution in [3.8, 4) is 0 Å². The van der Waals surface area contributed by atoms with E-state index in [-0.39, 0.29) is 5.91 Å². The summed E-state index contributed by atoms with van der Waals surface area (Å²) in [5.41, 5.74) is -0.110. The molecule has 0 saturated carbocycles. The maximum Gasteiger partial charge on any atom is 0.309 e. The molecular weight excluding hydrogens is 290 g/mol. The lowest BCUT2D eigenvalue weighted by Gasteiger charge is -2.38. The zero-order chi connectivity index (χ0) is 15.5. The Balaban J connectivity index is 2.06. The largest absolute Gasteiger partial charge is 0.481 e. The summed E-state index contributed by atoms with van der Waals surface area (Å²) in [5, 5.41) is 10.0. The molecule has 1 aliphatic heterocycles. The van der Waals surface area contributed by atoms with Crippen LogP contribution in [0.25, 0.3) is 0 Å². The summed E-state index contributed by atoms with van der Waals surface area (Å²) in [7, 11) is 0. The number of nitrogens with zero attached hydrogens (tertiary/aromatic N) is 1. The third-order valence-corrected chi connectivity index (χ3v) is 4.50. The molecule has 5 heteroatoms. The standard InChI is InChI=1S/C16H20ClNO3/c1-2-6-16(15(20)21)7-9-18(10-8-16)14(19)12-4-3-5-13(17)11-12/h3-5,11H,2,6-10H2,1H3,(H,20,21). The number of amides is 1. The molecule has 21 heavy (non-hydrogen) atoms. The number of piperidine rings is 1. The van der Waals surface area contributed by atoms with Gasteiger partial charge in [-0.05, 0) is 37.5 Å². The second kappa shape index (κ2) is 6.48. The zero-order valence-electron chi connectivity index (χ0n) is 12.1. The monoisotopic (exact) mass is 309 g/mol. The first-order valence-electron chi connectivity index (χ1n) is 7.27. The van der Waals surface area contributed by atoms with Crippen LogP contribution in [0.5, 0.6) is 0 Å². The molecule has 0 unspecified atom stereocenters. The van der Waals surface area contributed by atoms with E-state index in [1.807, 2.05) is 6.92 Å². The summed E-state index contributed by atoms with van der Waals surface area (Å²) < 4.78 is 0. The van der Waals surface area contributed by atoms with Crippen LogP contribution in [0.1, 0.15) is 43.0 Å². The summed E-state index contributed by atoms with van der Waals surface area (Å²) in [6.45, 7) is 2.96. The second-order valence-corrected chi connectivity index (χ2v) is 6.07. The van der Waals surface area contributed by atoms with Gasteiger partial charge in [0.15, 0.2) is 0 Å². The first-order valence-corrected chi connectivity index (χ1v) is 7.64. The number of benzene rings is 1. The number of likely N-dealkylation sites (tertiary alicyclic amines) is 1. The van der Waals surface area contributed by atoms with Crippen molar-refractivity contribution in [3.05, 3.63) is 34.9 Å². The Morgan fingerprint density at radius 1 is 1.33 bits per heavy atom. The van der Waals surface area contributed by atoms with Crippen LogP contribution in [0.3, 0.4) is 0 Å². The van der Waals surface area contributed by atoms with Gasteiger partial charge in [0.25, 0.3) is 5.91 Å². The first kappa shape index (κ1) is 15.8. The van der Waals surface area contributed by atoms with E-state index in [1.165, 1.54) is 0 Å². The van der Waals surface area contributed by atoms with Gasteiger partial charge in [-0.2, -0.15) is 0 Å². The number of carboxylic acid groups (broad SMARTS) is 1. The van der Waals surface area contributed by atoms with E-state index >= 15 is 0 Å². The number of halogens is 1. The van der Waals surface area contributed by atoms with Crippen LogP contribution in [0.2, 0.25) is 5.02 Å². The number of carbonyl (C=O) groups is 2. The van der Waals surface area contributed by atoms with Crippen LogP contribution < -0.4 is 0 Å². The van der Waals surface area contributed by atoms with Crippen molar-refractivity contribution in [2.24, 2.45) is 5.41 Å². The summed E-state index contributed by atoms with van der Waals surface area (Å²) in [5.74, 6) is -0.813. The maximum atomic E-state index is 12.4. The normalized spacial score (nSPS) is 17.5. The lowest BCUT2D eigenvalue weighted by molar-refractivity contribution is -0.152. The quantitative estimate of drug-likeness (QED) is 0.926. The number of hydrogen-bond donors (Lipinski definition) is 1. The number of hydrogen-bond acceptors (Lipinski definition) is 2. The Labute approximate surface area is 129 Å². The van der Waals surface area contributed by atoms with E-state index < -0.39 is 11.4 Å². The smallest absolute Gasteiger partial charge is 0.309 e. The Bertz CT molecular complexity index is 536. The number of aliphatic carboxylic acids is 1. The second-order valence-electron chi connectivity index (χ2n) is 5.64. The van der Waals surface area contributed by atoms with Gasteiger partial charge in [0.1, 0.15) is 0 Å². The molecular formula is C16H20ClNO3. The van der Waals surface area contributed by atoms with Crippen molar-refractivity contribution in [3.63, 3.8) is 0 Å². The van der Waals surface area contributed by atoms with Crippen LogP contribution in [0.15, 0.2) is 24.3 Å². The third-order valence-electron chi connectivity index (χ3n) is 4.26. The van der Waals surface area contributed by atoms with E-state index in [9.17, 15) is 14.7 Å². The maximum absolute atomic E-state index is 12.4. The topological polar surface area (TPSA) is 57.6 Å². The Morgan fingerprint density at radius 2 is 2.00 bits per heavy atom. The average Bonchev–Trinajstić information content (AvgIpc) is 2.47. The molecule has 1 fully saturated rings. The molecule has 4 nitrogen and oxygen atoms in total. The molecule has 114 valence electrons. The van der Waals surface area contributed by atoms with E-state index in [1.54, 1.807) is 29.2 Å². The fourth-order valence-corrected chi connectivity index (χ4v) is 3.18. The molecule has 1 aromatic rings. The number of carboxylic acids is 1. The van der Waals surface area contributed by atoms with Crippen molar-refractivity contribution in [2.75, 3.05) is 13.1 Å². The summed E-state index contributed by atoms with van der Waals surface area (Å²) >= 11 is 5.91. The minimum absolute atomic E-state index is 0.0759. The van der Waals surface area contributed by atoms with Gasteiger partial charge >= 0.3 is 5.97 Å². The summed E-state index contributed by atoms with van der Waals surface area (Å²) in [4.78, 5) is 25.7. The van der Waals surface area contributed by atoms with Gasteiger partial charge in [-0.15, -0.1) is 0 Å². The molecule has 1 saturated heterocycles. The molecule has 0 radical (unpaired) electrons. The third kappa shape index (κ3) is 3.38. The van der Waals surface area contributed by atoms with Crippen molar-refractivity contribution in [2.45, 2.75) is 32.6 Å². The highest BCUT2D eigenvalue weighted by Gasteiger charge is 2.41. The van der Waals surface area contributed by atoms with Gasteiger partial charge < -0.3 is 10.0 Å². The highest BCUT2D eigenvalue weighted by Crippen LogP contribution is 2.36. The van der Waals surface area contributed by atoms with Crippen LogP contribution in [0.4, 0.5) is 0 Å². The average molecular weight is 310 g/mol. The fourth-order valence-electron chi connectivity index (χ4n) is 2.99. The minimum Gasteiger partial charge on any atom is -0.481 e. The highest BCUT2D eigenvalue weighted by atomic mass is 35.5. The Kier molecular flexibility index (Phi) is 4.88. The van der Waals surface area contributed by atoms with Gasteiger partial charge in [0, 0.05) is 23.7 Å². The van der Waals surface area contributed by atoms with Gasteiger partial charge in [-0.1, -0.05) is 31.0 Å². The van der Waals surface area contributed by atoms with E-state index in [0.29, 0.717) is 42.9 Å². The predicted molar refractivity (Wildman–Crippen MR) is 81.6 cm³/mol. The van der Waals surface area contributed by atoms with Crippen molar-refractivity contribution >= 4 is 23.5 Å². The van der Waals surface area contributed by atoms with Crippen molar-refractivity contribution in [1.82, 2.24) is 4.90 Å². The van der Waals surface area contributed by atoms with E-state index in [0.717, 1.165) is 6.42 Å². The van der Waals surface area contributed by atoms with Crippen LogP contribution in [-0.4, -0.2) is 35.0 Å². The highest BCUT2D eigenvalue weighted by molar-refractivity contribution is 6.30. The summed E-state index contributed by atoms with van der Waals surface area (Å²) in [6.07, 6.45) is 2.54. The Morgan fingerprint density at radius 3 is 2.52 bits per heavy atom. The Hall–Kier alpha value is -1.55. The van der Waals surface area contributed by atoms with Gasteiger partial charge in [0.2, 0.25) is 0 Å². The molecule has 2 rings (SSSR count). The SMILES string of the molecule is CCCC1(C(=O)O)CCN(C(=O)c2cccc(Cl)c2)CC1. The molecule has 0 aromatic heterocycles. The molecule has 0 spiro atoms. The number of carbonyl (C=O) groups excluding carboxylic acids is 1. The lowest BCUT2D eigenvalue weighted by Crippen LogP contribution is -2.46. The van der Waals surface area contributed by atoms with Gasteiger partial charge in [0.05, 0.1) is 5.41 Å². The molecule has 0 aliphatic carbocycles. The number of rotatable bonds is 4. The molecule has 0 bridgehead atoms. The van der Waals surface area contributed by atoms with Crippen LogP contribution >= 0.6 is 11.6 Å². The molecule has 1 aliphatic rings. The molecule has 1 N–H and O–H groups in total. The molecule has 0 atom stereocenters. The molecule has 1 heterocycles. The predicted octanol–water partition coefficient (Wildman–Crippen LogP) is 3.45. The van der Waals surface area contributed by atoms with Crippen molar-refractivity contribution in [1.29, 1.82) is 0 Å². The van der Waals surface area contributed by atoms with Crippen molar-refractivity contribution < 1.29 is 14.7 Å². The minimum atomic E-state index is -0.737. The van der Waals surface area contributed by atoms with E-state index in [2.05, 4.69) is 0 Å².